The minimum absolute atomic E-state index is 0.227. The number of hydrogen-bond donors (Lipinski definition) is 0. The van der Waals surface area contributed by atoms with Gasteiger partial charge < -0.3 is 0 Å². The first-order valence-corrected chi connectivity index (χ1v) is 8.56. The molecule has 7 heteroatoms. The van der Waals surface area contributed by atoms with Gasteiger partial charge in [0, 0.05) is 16.9 Å². The molecule has 23 heavy (non-hydrogen) atoms. The lowest BCUT2D eigenvalue weighted by Gasteiger charge is -2.11. The fourth-order valence-electron chi connectivity index (χ4n) is 2.01. The highest BCUT2D eigenvalue weighted by Gasteiger charge is 2.37. The number of rotatable bonds is 2. The van der Waals surface area contributed by atoms with Crippen molar-refractivity contribution in [3.8, 4) is 0 Å². The Morgan fingerprint density at radius 1 is 1.30 bits per heavy atom. The topological polar surface area (TPSA) is 50.3 Å². The van der Waals surface area contributed by atoms with Gasteiger partial charge in [-0.2, -0.15) is 0 Å². The van der Waals surface area contributed by atoms with Crippen molar-refractivity contribution in [1.82, 2.24) is 9.88 Å². The van der Waals surface area contributed by atoms with E-state index in [0.29, 0.717) is 10.5 Å². The third-order valence-corrected chi connectivity index (χ3v) is 4.85. The summed E-state index contributed by atoms with van der Waals surface area (Å²) in [5.74, 6) is -0.868. The summed E-state index contributed by atoms with van der Waals surface area (Å²) in [7, 11) is 0. The molecule has 0 aliphatic carbocycles. The molecular weight excluding hydrogens is 396 g/mol. The van der Waals surface area contributed by atoms with Gasteiger partial charge in [0.1, 0.15) is 0 Å². The summed E-state index contributed by atoms with van der Waals surface area (Å²) in [6.07, 6.45) is 4.70. The SMILES string of the molecule is O=C1/C(=C/c2cccc(Br)c2)SC(=S)N1C(=O)c1cccnc1. The third-order valence-electron chi connectivity index (χ3n) is 3.05. The fourth-order valence-corrected chi connectivity index (χ4v) is 3.68. The van der Waals surface area contributed by atoms with E-state index < -0.39 is 11.8 Å². The van der Waals surface area contributed by atoms with E-state index in [-0.39, 0.29) is 4.32 Å². The van der Waals surface area contributed by atoms with Crippen LogP contribution in [0.4, 0.5) is 0 Å². The summed E-state index contributed by atoms with van der Waals surface area (Å²) >= 11 is 9.69. The molecule has 3 rings (SSSR count). The van der Waals surface area contributed by atoms with E-state index >= 15 is 0 Å². The zero-order chi connectivity index (χ0) is 16.4. The Morgan fingerprint density at radius 3 is 2.83 bits per heavy atom. The third kappa shape index (κ3) is 3.41. The second-order valence-corrected chi connectivity index (χ2v) is 7.21. The molecule has 0 unspecified atom stereocenters. The molecule has 2 amide bonds. The number of thioether (sulfide) groups is 1. The van der Waals surface area contributed by atoms with Crippen molar-refractivity contribution in [2.75, 3.05) is 0 Å². The molecule has 2 aromatic rings. The van der Waals surface area contributed by atoms with Gasteiger partial charge in [-0.1, -0.05) is 52.0 Å². The molecule has 0 atom stereocenters. The molecule has 114 valence electrons. The number of carbonyl (C=O) groups excluding carboxylic acids is 2. The van der Waals surface area contributed by atoms with Gasteiger partial charge in [0.15, 0.2) is 4.32 Å². The molecule has 0 spiro atoms. The number of benzene rings is 1. The summed E-state index contributed by atoms with van der Waals surface area (Å²) in [4.78, 5) is 30.3. The first-order valence-electron chi connectivity index (χ1n) is 6.54. The van der Waals surface area contributed by atoms with Crippen molar-refractivity contribution in [3.05, 3.63) is 69.3 Å². The Hall–Kier alpha value is -1.83. The van der Waals surface area contributed by atoms with E-state index in [1.807, 2.05) is 24.3 Å². The summed E-state index contributed by atoms with van der Waals surface area (Å²) in [6, 6.07) is 10.8. The lowest BCUT2D eigenvalue weighted by atomic mass is 10.2. The monoisotopic (exact) mass is 404 g/mol. The molecule has 1 saturated heterocycles. The predicted molar refractivity (Wildman–Crippen MR) is 97.7 cm³/mol. The number of amides is 2. The molecule has 1 aromatic heterocycles. The van der Waals surface area contributed by atoms with Crippen LogP contribution in [0.25, 0.3) is 6.08 Å². The molecule has 0 saturated carbocycles. The van der Waals surface area contributed by atoms with E-state index in [2.05, 4.69) is 20.9 Å². The Morgan fingerprint density at radius 2 is 2.13 bits per heavy atom. The zero-order valence-electron chi connectivity index (χ0n) is 11.6. The minimum Gasteiger partial charge on any atom is -0.268 e. The second kappa shape index (κ2) is 6.74. The van der Waals surface area contributed by atoms with E-state index in [1.165, 1.54) is 6.20 Å². The number of halogens is 1. The molecule has 2 heterocycles. The highest BCUT2D eigenvalue weighted by Crippen LogP contribution is 2.33. The van der Waals surface area contributed by atoms with Crippen molar-refractivity contribution in [2.45, 2.75) is 0 Å². The van der Waals surface area contributed by atoms with Crippen LogP contribution >= 0.6 is 39.9 Å². The van der Waals surface area contributed by atoms with E-state index in [0.717, 1.165) is 26.7 Å². The number of hydrogen-bond acceptors (Lipinski definition) is 5. The molecular formula is C16H9BrN2O2S2. The largest absolute Gasteiger partial charge is 0.273 e. The second-order valence-electron chi connectivity index (χ2n) is 4.62. The predicted octanol–water partition coefficient (Wildman–Crippen LogP) is 3.89. The number of nitrogens with zero attached hydrogens (tertiary/aromatic N) is 2. The van der Waals surface area contributed by atoms with Gasteiger partial charge in [0.2, 0.25) is 0 Å². The highest BCUT2D eigenvalue weighted by molar-refractivity contribution is 9.10. The van der Waals surface area contributed by atoms with Crippen LogP contribution in [0.3, 0.4) is 0 Å². The number of thiocarbonyl (C=S) groups is 1. The maximum atomic E-state index is 12.5. The van der Waals surface area contributed by atoms with Gasteiger partial charge >= 0.3 is 0 Å². The summed E-state index contributed by atoms with van der Waals surface area (Å²) in [6.45, 7) is 0. The molecule has 4 nitrogen and oxygen atoms in total. The first-order chi connectivity index (χ1) is 11.1. The standard InChI is InChI=1S/C16H9BrN2O2S2/c17-12-5-1-3-10(7-12)8-13-15(21)19(16(22)23-13)14(20)11-4-2-6-18-9-11/h1-9H/b13-8-. The van der Waals surface area contributed by atoms with E-state index in [1.54, 1.807) is 24.4 Å². The lowest BCUT2D eigenvalue weighted by molar-refractivity contribution is -0.120. The summed E-state index contributed by atoms with van der Waals surface area (Å²) in [5.41, 5.74) is 1.18. The fraction of sp³-hybridized carbons (Fsp3) is 0. The van der Waals surface area contributed by atoms with Crippen LogP contribution in [-0.4, -0.2) is 26.0 Å². The van der Waals surface area contributed by atoms with Gasteiger partial charge in [-0.15, -0.1) is 0 Å². The van der Waals surface area contributed by atoms with E-state index in [4.69, 9.17) is 12.2 Å². The van der Waals surface area contributed by atoms with Crippen molar-refractivity contribution in [2.24, 2.45) is 0 Å². The maximum Gasteiger partial charge on any atom is 0.273 e. The van der Waals surface area contributed by atoms with Crippen LogP contribution in [0.15, 0.2) is 58.2 Å². The maximum absolute atomic E-state index is 12.5. The molecule has 0 radical (unpaired) electrons. The van der Waals surface area contributed by atoms with Crippen LogP contribution in [0.2, 0.25) is 0 Å². The zero-order valence-corrected chi connectivity index (χ0v) is 14.8. The molecule has 1 aliphatic heterocycles. The van der Waals surface area contributed by atoms with E-state index in [9.17, 15) is 9.59 Å². The number of pyridine rings is 1. The average Bonchev–Trinajstić information content (AvgIpc) is 2.81. The van der Waals surface area contributed by atoms with Gasteiger partial charge in [-0.05, 0) is 35.9 Å². The average molecular weight is 405 g/mol. The Labute approximate surface area is 150 Å². The molecule has 1 fully saturated rings. The quantitative estimate of drug-likeness (QED) is 0.431. The molecule has 1 aromatic carbocycles. The van der Waals surface area contributed by atoms with Crippen LogP contribution in [-0.2, 0) is 4.79 Å². The van der Waals surface area contributed by atoms with Crippen molar-refractivity contribution in [1.29, 1.82) is 0 Å². The van der Waals surface area contributed by atoms with Crippen molar-refractivity contribution >= 4 is 62.1 Å². The molecule has 0 N–H and O–H groups in total. The Kier molecular flexibility index (Phi) is 4.70. The molecule has 0 bridgehead atoms. The normalized spacial score (nSPS) is 16.2. The Balaban J connectivity index is 1.90. The molecule has 1 aliphatic rings. The number of carbonyl (C=O) groups is 2. The van der Waals surface area contributed by atoms with Crippen LogP contribution in [0, 0.1) is 0 Å². The van der Waals surface area contributed by atoms with Gasteiger partial charge in [-0.25, -0.2) is 4.90 Å². The van der Waals surface area contributed by atoms with Gasteiger partial charge in [0.25, 0.3) is 11.8 Å². The minimum atomic E-state index is -0.460. The van der Waals surface area contributed by atoms with Crippen molar-refractivity contribution < 1.29 is 9.59 Å². The highest BCUT2D eigenvalue weighted by atomic mass is 79.9. The first kappa shape index (κ1) is 16.0. The smallest absolute Gasteiger partial charge is 0.268 e. The van der Waals surface area contributed by atoms with Crippen LogP contribution in [0.5, 0.6) is 0 Å². The van der Waals surface area contributed by atoms with Crippen molar-refractivity contribution in [3.63, 3.8) is 0 Å². The lowest BCUT2D eigenvalue weighted by Crippen LogP contribution is -2.34. The number of aromatic nitrogens is 1. The Bertz CT molecular complexity index is 837. The number of imide groups is 1. The van der Waals surface area contributed by atoms with Crippen LogP contribution < -0.4 is 0 Å². The van der Waals surface area contributed by atoms with Gasteiger partial charge in [0.05, 0.1) is 10.5 Å². The van der Waals surface area contributed by atoms with Gasteiger partial charge in [-0.3, -0.25) is 14.6 Å². The summed E-state index contributed by atoms with van der Waals surface area (Å²) < 4.78 is 1.14. The summed E-state index contributed by atoms with van der Waals surface area (Å²) in [5, 5.41) is 0. The van der Waals surface area contributed by atoms with Crippen LogP contribution in [0.1, 0.15) is 15.9 Å².